The quantitative estimate of drug-likeness (QED) is 0.687. The van der Waals surface area contributed by atoms with Crippen LogP contribution < -0.4 is 4.90 Å². The number of nitrogens with one attached hydrogen (secondary N) is 1. The zero-order valence-corrected chi connectivity index (χ0v) is 16.9. The van der Waals surface area contributed by atoms with Crippen LogP contribution >= 0.6 is 27.3 Å². The number of hydrogen-bond donors (Lipinski definition) is 1. The largest absolute Gasteiger partial charge is 0.345 e. The predicted molar refractivity (Wildman–Crippen MR) is 107 cm³/mol. The molecule has 7 heteroatoms. The van der Waals surface area contributed by atoms with E-state index in [9.17, 15) is 0 Å². The summed E-state index contributed by atoms with van der Waals surface area (Å²) in [6.07, 6.45) is 1.98. The minimum Gasteiger partial charge on any atom is -0.345 e. The number of anilines is 1. The lowest BCUT2D eigenvalue weighted by Crippen LogP contribution is -2.46. The van der Waals surface area contributed by atoms with E-state index in [2.05, 4.69) is 68.0 Å². The second-order valence-electron chi connectivity index (χ2n) is 6.84. The highest BCUT2D eigenvalue weighted by Crippen LogP contribution is 2.31. The van der Waals surface area contributed by atoms with Gasteiger partial charge in [0.2, 0.25) is 0 Å². The van der Waals surface area contributed by atoms with Crippen LogP contribution in [-0.2, 0) is 6.54 Å². The van der Waals surface area contributed by atoms with Gasteiger partial charge in [-0.3, -0.25) is 10.00 Å². The van der Waals surface area contributed by atoms with Crippen LogP contribution in [0.4, 0.5) is 5.13 Å². The van der Waals surface area contributed by atoms with Crippen LogP contribution in [-0.4, -0.2) is 46.3 Å². The second-order valence-corrected chi connectivity index (χ2v) is 8.76. The molecule has 1 fully saturated rings. The van der Waals surface area contributed by atoms with Crippen LogP contribution in [0.2, 0.25) is 0 Å². The van der Waals surface area contributed by atoms with Crippen molar-refractivity contribution in [3.8, 4) is 0 Å². The number of piperazine rings is 1. The van der Waals surface area contributed by atoms with Gasteiger partial charge < -0.3 is 4.90 Å². The molecule has 0 aliphatic carbocycles. The highest BCUT2D eigenvalue weighted by molar-refractivity contribution is 9.10. The van der Waals surface area contributed by atoms with Crippen molar-refractivity contribution in [3.05, 3.63) is 40.1 Å². The van der Waals surface area contributed by atoms with Gasteiger partial charge in [-0.2, -0.15) is 5.10 Å². The Kier molecular flexibility index (Phi) is 4.80. The Bertz CT molecular complexity index is 863. The van der Waals surface area contributed by atoms with Crippen LogP contribution in [0.1, 0.15) is 31.0 Å². The molecule has 4 rings (SSSR count). The molecular formula is C18H22BrN5S. The average Bonchev–Trinajstić information content (AvgIpc) is 3.21. The van der Waals surface area contributed by atoms with Crippen molar-refractivity contribution in [1.82, 2.24) is 20.1 Å². The molecule has 0 atom stereocenters. The molecule has 0 saturated carbocycles. The summed E-state index contributed by atoms with van der Waals surface area (Å²) >= 11 is 5.32. The van der Waals surface area contributed by atoms with Gasteiger partial charge in [0.25, 0.3) is 0 Å². The highest BCUT2D eigenvalue weighted by atomic mass is 79.9. The fraction of sp³-hybridized carbons (Fsp3) is 0.444. The Morgan fingerprint density at radius 2 is 2.04 bits per heavy atom. The summed E-state index contributed by atoms with van der Waals surface area (Å²) in [6.45, 7) is 9.56. The molecule has 132 valence electrons. The molecule has 5 nitrogen and oxygen atoms in total. The lowest BCUT2D eigenvalue weighted by Gasteiger charge is -2.34. The van der Waals surface area contributed by atoms with Crippen molar-refractivity contribution < 1.29 is 0 Å². The molecule has 1 N–H and O–H groups in total. The van der Waals surface area contributed by atoms with E-state index in [1.165, 1.54) is 16.0 Å². The number of halogens is 1. The van der Waals surface area contributed by atoms with Gasteiger partial charge in [0.1, 0.15) is 0 Å². The number of rotatable bonds is 4. The number of aromatic nitrogens is 3. The molecule has 1 aromatic carbocycles. The number of fused-ring (bicyclic) bond motifs is 1. The van der Waals surface area contributed by atoms with Crippen LogP contribution in [0.3, 0.4) is 0 Å². The van der Waals surface area contributed by atoms with Crippen molar-refractivity contribution in [2.75, 3.05) is 31.1 Å². The summed E-state index contributed by atoms with van der Waals surface area (Å²) in [4.78, 5) is 9.73. The standard InChI is InChI=1S/C18H22BrN5S/c1-12(2)17-13(10-20-22-17)11-23-5-7-24(8-6-23)18-21-15-4-3-14(19)9-16(15)25-18/h3-4,9-10,12H,5-8,11H2,1-2H3,(H,20,22). The van der Waals surface area contributed by atoms with Gasteiger partial charge in [-0.1, -0.05) is 41.1 Å². The fourth-order valence-corrected chi connectivity index (χ4v) is 4.88. The van der Waals surface area contributed by atoms with Crippen molar-refractivity contribution >= 4 is 42.6 Å². The molecule has 3 aromatic rings. The summed E-state index contributed by atoms with van der Waals surface area (Å²) in [5.41, 5.74) is 3.68. The Morgan fingerprint density at radius 1 is 1.24 bits per heavy atom. The maximum Gasteiger partial charge on any atom is 0.186 e. The monoisotopic (exact) mass is 419 g/mol. The van der Waals surface area contributed by atoms with Gasteiger partial charge >= 0.3 is 0 Å². The molecule has 0 bridgehead atoms. The first-order valence-corrected chi connectivity index (χ1v) is 10.3. The Morgan fingerprint density at radius 3 is 2.80 bits per heavy atom. The first-order valence-electron chi connectivity index (χ1n) is 8.65. The minimum atomic E-state index is 0.487. The molecule has 0 radical (unpaired) electrons. The number of nitrogens with zero attached hydrogens (tertiary/aromatic N) is 4. The topological polar surface area (TPSA) is 48.1 Å². The molecule has 0 amide bonds. The molecular weight excluding hydrogens is 398 g/mol. The third-order valence-electron chi connectivity index (χ3n) is 4.70. The van der Waals surface area contributed by atoms with E-state index < -0.39 is 0 Å². The van der Waals surface area contributed by atoms with Crippen molar-refractivity contribution in [1.29, 1.82) is 0 Å². The lowest BCUT2D eigenvalue weighted by molar-refractivity contribution is 0.249. The maximum atomic E-state index is 4.81. The fourth-order valence-electron chi connectivity index (χ4n) is 3.31. The SMILES string of the molecule is CC(C)c1[nH]ncc1CN1CCN(c2nc3ccc(Br)cc3s2)CC1. The van der Waals surface area contributed by atoms with Gasteiger partial charge in [0.15, 0.2) is 5.13 Å². The zero-order chi connectivity index (χ0) is 17.4. The third kappa shape index (κ3) is 3.59. The normalized spacial score (nSPS) is 16.2. The van der Waals surface area contributed by atoms with E-state index in [-0.39, 0.29) is 0 Å². The van der Waals surface area contributed by atoms with E-state index in [0.29, 0.717) is 5.92 Å². The average molecular weight is 420 g/mol. The molecule has 25 heavy (non-hydrogen) atoms. The second kappa shape index (κ2) is 7.05. The Labute approximate surface area is 160 Å². The number of aromatic amines is 1. The Balaban J connectivity index is 1.41. The van der Waals surface area contributed by atoms with Gasteiger partial charge in [-0.15, -0.1) is 0 Å². The third-order valence-corrected chi connectivity index (χ3v) is 6.28. The van der Waals surface area contributed by atoms with Gasteiger partial charge in [0, 0.05) is 48.5 Å². The number of hydrogen-bond acceptors (Lipinski definition) is 5. The summed E-state index contributed by atoms with van der Waals surface area (Å²) in [7, 11) is 0. The van der Waals surface area contributed by atoms with Crippen LogP contribution in [0.25, 0.3) is 10.2 Å². The van der Waals surface area contributed by atoms with Crippen molar-refractivity contribution in [2.45, 2.75) is 26.3 Å². The number of thiazole rings is 1. The summed E-state index contributed by atoms with van der Waals surface area (Å²) in [5, 5.41) is 8.52. The van der Waals surface area contributed by atoms with E-state index in [1.807, 2.05) is 6.20 Å². The van der Waals surface area contributed by atoms with Gasteiger partial charge in [-0.25, -0.2) is 4.98 Å². The summed E-state index contributed by atoms with van der Waals surface area (Å²) < 4.78 is 2.35. The Hall–Kier alpha value is -1.44. The van der Waals surface area contributed by atoms with E-state index in [0.717, 1.165) is 47.8 Å². The predicted octanol–water partition coefficient (Wildman–Crippen LogP) is 4.23. The highest BCUT2D eigenvalue weighted by Gasteiger charge is 2.21. The van der Waals surface area contributed by atoms with Crippen molar-refractivity contribution in [3.63, 3.8) is 0 Å². The smallest absolute Gasteiger partial charge is 0.186 e. The van der Waals surface area contributed by atoms with Gasteiger partial charge in [-0.05, 0) is 24.1 Å². The number of H-pyrrole nitrogens is 1. The van der Waals surface area contributed by atoms with Crippen LogP contribution in [0, 0.1) is 0 Å². The van der Waals surface area contributed by atoms with Crippen LogP contribution in [0.15, 0.2) is 28.9 Å². The maximum absolute atomic E-state index is 4.81. The molecule has 3 heterocycles. The van der Waals surface area contributed by atoms with E-state index in [4.69, 9.17) is 4.98 Å². The summed E-state index contributed by atoms with van der Waals surface area (Å²) in [6, 6.07) is 6.29. The molecule has 0 spiro atoms. The molecule has 2 aromatic heterocycles. The lowest BCUT2D eigenvalue weighted by atomic mass is 10.1. The number of benzene rings is 1. The first-order chi connectivity index (χ1) is 12.1. The summed E-state index contributed by atoms with van der Waals surface area (Å²) in [5.74, 6) is 0.487. The van der Waals surface area contributed by atoms with Crippen molar-refractivity contribution in [2.24, 2.45) is 0 Å². The molecule has 1 saturated heterocycles. The first kappa shape index (κ1) is 17.0. The van der Waals surface area contributed by atoms with Crippen LogP contribution in [0.5, 0.6) is 0 Å². The zero-order valence-electron chi connectivity index (χ0n) is 14.5. The molecule has 1 aliphatic heterocycles. The molecule has 1 aliphatic rings. The van der Waals surface area contributed by atoms with E-state index in [1.54, 1.807) is 11.3 Å². The molecule has 0 unspecified atom stereocenters. The minimum absolute atomic E-state index is 0.487. The van der Waals surface area contributed by atoms with Gasteiger partial charge in [0.05, 0.1) is 16.4 Å². The van der Waals surface area contributed by atoms with E-state index >= 15 is 0 Å².